The van der Waals surface area contributed by atoms with E-state index in [2.05, 4.69) is 15.3 Å². The van der Waals surface area contributed by atoms with Crippen LogP contribution in [0.2, 0.25) is 5.02 Å². The average Bonchev–Trinajstić information content (AvgIpc) is 2.51. The Morgan fingerprint density at radius 1 is 1.33 bits per heavy atom. The number of morpholine rings is 1. The highest BCUT2D eigenvalue weighted by Crippen LogP contribution is 2.23. The van der Waals surface area contributed by atoms with E-state index in [1.165, 1.54) is 18.5 Å². The molecule has 1 aromatic carbocycles. The highest BCUT2D eigenvalue weighted by atomic mass is 35.5. The van der Waals surface area contributed by atoms with Crippen LogP contribution in [0.3, 0.4) is 0 Å². The van der Waals surface area contributed by atoms with Crippen molar-refractivity contribution in [1.29, 1.82) is 0 Å². The van der Waals surface area contributed by atoms with Gasteiger partial charge in [-0.1, -0.05) is 23.7 Å². The molecule has 6 heteroatoms. The summed E-state index contributed by atoms with van der Waals surface area (Å²) >= 11 is 5.74. The summed E-state index contributed by atoms with van der Waals surface area (Å²) in [4.78, 5) is 8.23. The molecule has 0 bridgehead atoms. The Morgan fingerprint density at radius 3 is 2.81 bits per heavy atom. The van der Waals surface area contributed by atoms with E-state index in [1.807, 2.05) is 6.07 Å². The van der Waals surface area contributed by atoms with Crippen molar-refractivity contribution in [3.63, 3.8) is 0 Å². The third-order valence-corrected chi connectivity index (χ3v) is 3.57. The van der Waals surface area contributed by atoms with Gasteiger partial charge in [-0.25, -0.2) is 14.4 Å². The molecule has 1 N–H and O–H groups in total. The second kappa shape index (κ2) is 6.47. The minimum atomic E-state index is -0.254. The van der Waals surface area contributed by atoms with Crippen LogP contribution in [0.15, 0.2) is 30.6 Å². The van der Waals surface area contributed by atoms with Crippen LogP contribution in [0.25, 0.3) is 0 Å². The van der Waals surface area contributed by atoms with Gasteiger partial charge in [0.05, 0.1) is 17.7 Å². The van der Waals surface area contributed by atoms with Crippen molar-refractivity contribution < 1.29 is 9.13 Å². The Labute approximate surface area is 127 Å². The maximum atomic E-state index is 14.2. The van der Waals surface area contributed by atoms with Gasteiger partial charge < -0.3 is 10.1 Å². The van der Waals surface area contributed by atoms with Crippen molar-refractivity contribution in [3.8, 4) is 0 Å². The Bertz CT molecular complexity index is 615. The molecule has 0 spiro atoms. The van der Waals surface area contributed by atoms with Gasteiger partial charge in [-0.15, -0.1) is 0 Å². The molecule has 1 saturated heterocycles. The first-order valence-electron chi connectivity index (χ1n) is 6.79. The Morgan fingerprint density at radius 2 is 2.14 bits per heavy atom. The van der Waals surface area contributed by atoms with Crippen LogP contribution in [0.1, 0.15) is 23.1 Å². The van der Waals surface area contributed by atoms with E-state index in [0.717, 1.165) is 12.1 Å². The van der Waals surface area contributed by atoms with E-state index in [-0.39, 0.29) is 11.9 Å². The minimum Gasteiger partial charge on any atom is -0.371 e. The molecule has 2 aromatic rings. The van der Waals surface area contributed by atoms with E-state index in [9.17, 15) is 4.39 Å². The van der Waals surface area contributed by atoms with Crippen molar-refractivity contribution in [1.82, 2.24) is 15.3 Å². The van der Waals surface area contributed by atoms with Crippen LogP contribution in [0.4, 0.5) is 4.39 Å². The summed E-state index contributed by atoms with van der Waals surface area (Å²) in [6.07, 6.45) is 3.32. The van der Waals surface area contributed by atoms with E-state index in [4.69, 9.17) is 16.3 Å². The summed E-state index contributed by atoms with van der Waals surface area (Å²) in [5.41, 5.74) is 1.41. The first-order valence-corrected chi connectivity index (χ1v) is 7.17. The quantitative estimate of drug-likeness (QED) is 0.946. The summed E-state index contributed by atoms with van der Waals surface area (Å²) in [5.74, 6) is 0.359. The number of rotatable bonds is 3. The third kappa shape index (κ3) is 3.56. The van der Waals surface area contributed by atoms with Gasteiger partial charge in [0.1, 0.15) is 11.6 Å². The smallest absolute Gasteiger partial charge is 0.132 e. The summed E-state index contributed by atoms with van der Waals surface area (Å²) in [5, 5.41) is 3.68. The number of nitrogens with one attached hydrogen (secondary N) is 1. The van der Waals surface area contributed by atoms with Crippen LogP contribution in [0, 0.1) is 5.82 Å². The molecular weight excluding hydrogens is 293 g/mol. The molecule has 21 heavy (non-hydrogen) atoms. The Hall–Kier alpha value is -1.56. The first-order chi connectivity index (χ1) is 10.2. The van der Waals surface area contributed by atoms with Gasteiger partial charge in [0.25, 0.3) is 0 Å². The van der Waals surface area contributed by atoms with Crippen LogP contribution in [-0.4, -0.2) is 29.7 Å². The lowest BCUT2D eigenvalue weighted by atomic mass is 10.0. The Kier molecular flexibility index (Phi) is 4.43. The highest BCUT2D eigenvalue weighted by Gasteiger charge is 2.19. The first kappa shape index (κ1) is 14.4. The number of hydrogen-bond acceptors (Lipinski definition) is 4. The second-order valence-corrected chi connectivity index (χ2v) is 5.35. The molecule has 0 unspecified atom stereocenters. The average molecular weight is 308 g/mol. The van der Waals surface area contributed by atoms with E-state index in [1.54, 1.807) is 6.07 Å². The van der Waals surface area contributed by atoms with Crippen molar-refractivity contribution in [2.24, 2.45) is 0 Å². The van der Waals surface area contributed by atoms with Crippen LogP contribution in [-0.2, 0) is 11.2 Å². The molecule has 1 aliphatic rings. The molecule has 4 nitrogen and oxygen atoms in total. The van der Waals surface area contributed by atoms with E-state index >= 15 is 0 Å². The van der Waals surface area contributed by atoms with E-state index < -0.39 is 0 Å². The van der Waals surface area contributed by atoms with Gasteiger partial charge in [0.2, 0.25) is 0 Å². The van der Waals surface area contributed by atoms with Gasteiger partial charge in [0.15, 0.2) is 0 Å². The molecular formula is C15H15ClFN3O. The molecule has 1 atom stereocenters. The maximum Gasteiger partial charge on any atom is 0.132 e. The maximum absolute atomic E-state index is 14.2. The van der Waals surface area contributed by atoms with Gasteiger partial charge in [-0.3, -0.25) is 0 Å². The lowest BCUT2D eigenvalue weighted by Gasteiger charge is -2.24. The lowest BCUT2D eigenvalue weighted by Crippen LogP contribution is -2.33. The zero-order valence-corrected chi connectivity index (χ0v) is 12.1. The predicted molar refractivity (Wildman–Crippen MR) is 77.8 cm³/mol. The fourth-order valence-corrected chi connectivity index (χ4v) is 2.42. The molecule has 1 fully saturated rings. The summed E-state index contributed by atoms with van der Waals surface area (Å²) in [7, 11) is 0. The van der Waals surface area contributed by atoms with Crippen molar-refractivity contribution >= 4 is 11.6 Å². The number of benzene rings is 1. The largest absolute Gasteiger partial charge is 0.371 e. The molecule has 3 rings (SSSR count). The van der Waals surface area contributed by atoms with Crippen LogP contribution in [0.5, 0.6) is 0 Å². The molecule has 0 saturated carbocycles. The molecule has 110 valence electrons. The van der Waals surface area contributed by atoms with Gasteiger partial charge in [-0.05, 0) is 11.6 Å². The third-order valence-electron chi connectivity index (χ3n) is 3.38. The predicted octanol–water partition coefficient (Wildman–Crippen LogP) is 2.52. The zero-order valence-electron chi connectivity index (χ0n) is 11.4. The standard InChI is InChI=1S/C15H15ClFN3O/c16-11-7-19-15(20-8-11)6-10-1-2-12(13(17)5-10)14-9-18-3-4-21-14/h1-2,5,7-8,14,18H,3-4,6,9H2/t14-/m0/s1. The fourth-order valence-electron chi connectivity index (χ4n) is 2.32. The topological polar surface area (TPSA) is 47.0 Å². The van der Waals surface area contributed by atoms with Gasteiger partial charge in [0, 0.05) is 37.5 Å². The van der Waals surface area contributed by atoms with Crippen LogP contribution >= 0.6 is 11.6 Å². The number of nitrogens with zero attached hydrogens (tertiary/aromatic N) is 2. The highest BCUT2D eigenvalue weighted by molar-refractivity contribution is 6.30. The minimum absolute atomic E-state index is 0.223. The monoisotopic (exact) mass is 307 g/mol. The molecule has 1 aliphatic heterocycles. The van der Waals surface area contributed by atoms with Crippen molar-refractivity contribution in [2.75, 3.05) is 19.7 Å². The summed E-state index contributed by atoms with van der Waals surface area (Å²) < 4.78 is 19.8. The molecule has 2 heterocycles. The van der Waals surface area contributed by atoms with Crippen molar-refractivity contribution in [3.05, 3.63) is 58.4 Å². The SMILES string of the molecule is Fc1cc(Cc2ncc(Cl)cn2)ccc1[C@@H]1CNCCO1. The fraction of sp³-hybridized carbons (Fsp3) is 0.333. The number of ether oxygens (including phenoxy) is 1. The molecule has 0 radical (unpaired) electrons. The Balaban J connectivity index is 1.75. The lowest BCUT2D eigenvalue weighted by molar-refractivity contribution is 0.0255. The number of hydrogen-bond donors (Lipinski definition) is 1. The normalized spacial score (nSPS) is 18.7. The number of halogens is 2. The molecule has 0 amide bonds. The van der Waals surface area contributed by atoms with Crippen molar-refractivity contribution in [2.45, 2.75) is 12.5 Å². The summed E-state index contributed by atoms with van der Waals surface area (Å²) in [6, 6.07) is 5.18. The molecule has 0 aliphatic carbocycles. The second-order valence-electron chi connectivity index (χ2n) is 4.91. The van der Waals surface area contributed by atoms with E-state index in [0.29, 0.717) is 36.0 Å². The summed E-state index contributed by atoms with van der Waals surface area (Å²) in [6.45, 7) is 2.05. The number of aromatic nitrogens is 2. The van der Waals surface area contributed by atoms with Gasteiger partial charge in [-0.2, -0.15) is 0 Å². The molecule has 1 aromatic heterocycles. The zero-order chi connectivity index (χ0) is 14.7. The van der Waals surface area contributed by atoms with Gasteiger partial charge >= 0.3 is 0 Å². The van der Waals surface area contributed by atoms with Crippen LogP contribution < -0.4 is 5.32 Å².